The molecule has 0 unspecified atom stereocenters. The van der Waals surface area contributed by atoms with Crippen molar-refractivity contribution < 1.29 is 4.52 Å². The summed E-state index contributed by atoms with van der Waals surface area (Å²) in [5, 5.41) is 4.10. The van der Waals surface area contributed by atoms with Gasteiger partial charge in [0.1, 0.15) is 0 Å². The summed E-state index contributed by atoms with van der Waals surface area (Å²) >= 11 is 5.61. The van der Waals surface area contributed by atoms with Crippen LogP contribution in [0.2, 0.25) is 5.35 Å². The first-order valence-electron chi connectivity index (χ1n) is 4.83. The molecule has 0 spiro atoms. The van der Waals surface area contributed by atoms with E-state index in [4.69, 9.17) is 16.1 Å². The second-order valence-corrected chi connectivity index (χ2v) is 4.43. The van der Waals surface area contributed by atoms with Crippen molar-refractivity contribution >= 4 is 11.6 Å². The van der Waals surface area contributed by atoms with Crippen molar-refractivity contribution in [2.24, 2.45) is 11.8 Å². The fourth-order valence-corrected chi connectivity index (χ4v) is 2.19. The monoisotopic (exact) mass is 198 g/mol. The highest BCUT2D eigenvalue weighted by molar-refractivity contribution is 6.27. The average molecular weight is 199 g/mol. The van der Waals surface area contributed by atoms with Crippen LogP contribution in [-0.2, 0) is 0 Å². The quantitative estimate of drug-likeness (QED) is 0.750. The molecule has 2 saturated carbocycles. The van der Waals surface area contributed by atoms with Crippen molar-refractivity contribution in [1.29, 1.82) is 0 Å². The van der Waals surface area contributed by atoms with Crippen LogP contribution >= 0.6 is 11.6 Å². The fraction of sp³-hybridized carbons (Fsp3) is 0.778. The Morgan fingerprint density at radius 2 is 1.85 bits per heavy atom. The molecule has 0 aromatic carbocycles. The lowest BCUT2D eigenvalue weighted by Gasteiger charge is -2.08. The van der Waals surface area contributed by atoms with Gasteiger partial charge in [-0.15, -0.1) is 0 Å². The Hall–Kier alpha value is -0.570. The van der Waals surface area contributed by atoms with Gasteiger partial charge in [-0.2, -0.15) is 4.98 Å². The maximum Gasteiger partial charge on any atom is 0.320 e. The van der Waals surface area contributed by atoms with Crippen molar-refractivity contribution in [3.05, 3.63) is 11.2 Å². The first kappa shape index (κ1) is 7.80. The minimum atomic E-state index is 0.182. The van der Waals surface area contributed by atoms with E-state index >= 15 is 0 Å². The van der Waals surface area contributed by atoms with Crippen LogP contribution in [0.25, 0.3) is 0 Å². The van der Waals surface area contributed by atoms with Gasteiger partial charge >= 0.3 is 5.35 Å². The molecule has 2 aliphatic rings. The van der Waals surface area contributed by atoms with Crippen molar-refractivity contribution in [3.63, 3.8) is 0 Å². The molecule has 0 aliphatic heterocycles. The van der Waals surface area contributed by atoms with Crippen LogP contribution in [0.1, 0.15) is 37.4 Å². The Morgan fingerprint density at radius 1 is 1.23 bits per heavy atom. The van der Waals surface area contributed by atoms with Gasteiger partial charge in [0, 0.05) is 5.92 Å². The summed E-state index contributed by atoms with van der Waals surface area (Å²) in [6.45, 7) is 0. The lowest BCUT2D eigenvalue weighted by Crippen LogP contribution is -2.05. The molecule has 4 heteroatoms. The molecule has 0 N–H and O–H groups in total. The van der Waals surface area contributed by atoms with E-state index in [1.165, 1.54) is 25.7 Å². The highest BCUT2D eigenvalue weighted by atomic mass is 35.5. The van der Waals surface area contributed by atoms with E-state index in [0.717, 1.165) is 17.7 Å². The van der Waals surface area contributed by atoms with E-state index in [1.807, 2.05) is 0 Å². The Balaban J connectivity index is 1.86. The molecule has 1 aromatic heterocycles. The average Bonchev–Trinajstić information content (AvgIpc) is 2.95. The standard InChI is InChI=1S/C9H11ClN2O/c10-9-11-8(12-13-9)7(5-1-2-5)6-3-4-6/h5-7H,1-4H2. The molecule has 0 saturated heterocycles. The zero-order valence-electron chi connectivity index (χ0n) is 7.24. The van der Waals surface area contributed by atoms with Crippen LogP contribution in [0.3, 0.4) is 0 Å². The fourth-order valence-electron chi connectivity index (χ4n) is 2.07. The van der Waals surface area contributed by atoms with Gasteiger partial charge in [-0.25, -0.2) is 0 Å². The second kappa shape index (κ2) is 2.71. The number of nitrogens with zero attached hydrogens (tertiary/aromatic N) is 2. The molecule has 13 heavy (non-hydrogen) atoms. The zero-order chi connectivity index (χ0) is 8.84. The number of rotatable bonds is 3. The molecule has 3 nitrogen and oxygen atoms in total. The van der Waals surface area contributed by atoms with Gasteiger partial charge in [-0.1, -0.05) is 5.16 Å². The predicted octanol–water partition coefficient (Wildman–Crippen LogP) is 2.63. The molecule has 0 bridgehead atoms. The van der Waals surface area contributed by atoms with Crippen molar-refractivity contribution in [2.45, 2.75) is 31.6 Å². The van der Waals surface area contributed by atoms with Crippen LogP contribution in [-0.4, -0.2) is 10.1 Å². The summed E-state index contributed by atoms with van der Waals surface area (Å²) in [5.41, 5.74) is 0. The zero-order valence-corrected chi connectivity index (χ0v) is 8.00. The first-order valence-corrected chi connectivity index (χ1v) is 5.21. The molecule has 3 rings (SSSR count). The van der Waals surface area contributed by atoms with Crippen LogP contribution in [0, 0.1) is 11.8 Å². The summed E-state index contributed by atoms with van der Waals surface area (Å²) in [5.74, 6) is 2.99. The maximum atomic E-state index is 5.61. The Labute approximate surface area is 81.5 Å². The molecule has 0 amide bonds. The number of hydrogen-bond donors (Lipinski definition) is 0. The molecule has 1 aromatic rings. The van der Waals surface area contributed by atoms with Gasteiger partial charge in [0.25, 0.3) is 0 Å². The summed E-state index contributed by atoms with van der Waals surface area (Å²) in [6.07, 6.45) is 5.31. The summed E-state index contributed by atoms with van der Waals surface area (Å²) < 4.78 is 4.81. The molecule has 2 fully saturated rings. The Kier molecular flexibility index (Phi) is 1.62. The minimum absolute atomic E-state index is 0.182. The second-order valence-electron chi connectivity index (χ2n) is 4.11. The van der Waals surface area contributed by atoms with E-state index in [2.05, 4.69) is 10.1 Å². The smallest absolute Gasteiger partial charge is 0.320 e. The van der Waals surface area contributed by atoms with Crippen molar-refractivity contribution in [2.75, 3.05) is 0 Å². The topological polar surface area (TPSA) is 38.9 Å². The lowest BCUT2D eigenvalue weighted by atomic mass is 9.97. The SMILES string of the molecule is Clc1nc(C(C2CC2)C2CC2)no1. The molecule has 2 aliphatic carbocycles. The predicted molar refractivity (Wildman–Crippen MR) is 47.5 cm³/mol. The first-order chi connectivity index (χ1) is 6.34. The highest BCUT2D eigenvalue weighted by Crippen LogP contribution is 2.53. The van der Waals surface area contributed by atoms with E-state index in [-0.39, 0.29) is 5.35 Å². The summed E-state index contributed by atoms with van der Waals surface area (Å²) in [7, 11) is 0. The molecule has 1 heterocycles. The van der Waals surface area contributed by atoms with Gasteiger partial charge in [0.05, 0.1) is 0 Å². The minimum Gasteiger partial charge on any atom is -0.321 e. The van der Waals surface area contributed by atoms with Gasteiger partial charge in [-0.3, -0.25) is 0 Å². The Bertz CT molecular complexity index is 305. The van der Waals surface area contributed by atoms with Crippen LogP contribution in [0.5, 0.6) is 0 Å². The molecular weight excluding hydrogens is 188 g/mol. The summed E-state index contributed by atoms with van der Waals surface area (Å²) in [6, 6.07) is 0. The molecular formula is C9H11ClN2O. The third-order valence-electron chi connectivity index (χ3n) is 2.97. The van der Waals surface area contributed by atoms with E-state index in [1.54, 1.807) is 0 Å². The van der Waals surface area contributed by atoms with Crippen LogP contribution in [0.15, 0.2) is 4.52 Å². The van der Waals surface area contributed by atoms with Gasteiger partial charge in [0.2, 0.25) is 0 Å². The third kappa shape index (κ3) is 1.46. The highest BCUT2D eigenvalue weighted by Gasteiger charge is 2.44. The molecule has 0 radical (unpaired) electrons. The number of hydrogen-bond acceptors (Lipinski definition) is 3. The van der Waals surface area contributed by atoms with Crippen LogP contribution in [0.4, 0.5) is 0 Å². The van der Waals surface area contributed by atoms with E-state index in [0.29, 0.717) is 5.92 Å². The maximum absolute atomic E-state index is 5.61. The molecule has 70 valence electrons. The van der Waals surface area contributed by atoms with Crippen LogP contribution < -0.4 is 0 Å². The number of aromatic nitrogens is 2. The van der Waals surface area contributed by atoms with E-state index < -0.39 is 0 Å². The van der Waals surface area contributed by atoms with E-state index in [9.17, 15) is 0 Å². The van der Waals surface area contributed by atoms with Crippen molar-refractivity contribution in [3.8, 4) is 0 Å². The normalized spacial score (nSPS) is 22.6. The third-order valence-corrected chi connectivity index (χ3v) is 3.13. The van der Waals surface area contributed by atoms with Crippen molar-refractivity contribution in [1.82, 2.24) is 10.1 Å². The summed E-state index contributed by atoms with van der Waals surface area (Å²) in [4.78, 5) is 4.12. The van der Waals surface area contributed by atoms with Gasteiger partial charge in [0.15, 0.2) is 5.82 Å². The largest absolute Gasteiger partial charge is 0.321 e. The van der Waals surface area contributed by atoms with Gasteiger partial charge < -0.3 is 4.52 Å². The molecule has 0 atom stereocenters. The Morgan fingerprint density at radius 3 is 2.23 bits per heavy atom. The lowest BCUT2D eigenvalue weighted by molar-refractivity contribution is 0.394. The van der Waals surface area contributed by atoms with Gasteiger partial charge in [-0.05, 0) is 49.1 Å². The number of halogens is 1.